The summed E-state index contributed by atoms with van der Waals surface area (Å²) in [5, 5.41) is 0. The van der Waals surface area contributed by atoms with Gasteiger partial charge in [-0.25, -0.2) is 13.2 Å². The summed E-state index contributed by atoms with van der Waals surface area (Å²) in [4.78, 5) is 29.1. The molecule has 0 fully saturated rings. The van der Waals surface area contributed by atoms with Gasteiger partial charge in [-0.2, -0.15) is 4.99 Å². The smallest absolute Gasteiger partial charge is 0.350 e. The number of carbonyl (C=O) groups excluding carboxylic acids is 2. The third kappa shape index (κ3) is 4.23. The molecule has 0 aliphatic heterocycles. The van der Waals surface area contributed by atoms with Gasteiger partial charge in [0.2, 0.25) is 0 Å². The van der Waals surface area contributed by atoms with Crippen LogP contribution in [0.5, 0.6) is 0 Å². The van der Waals surface area contributed by atoms with Crippen molar-refractivity contribution >= 4 is 33.1 Å². The fourth-order valence-corrected chi connectivity index (χ4v) is 3.70. The molecule has 0 saturated heterocycles. The van der Waals surface area contributed by atoms with Gasteiger partial charge in [0.05, 0.1) is 11.5 Å². The molecule has 2 aromatic rings. The lowest BCUT2D eigenvalue weighted by atomic mass is 10.2. The minimum absolute atomic E-state index is 0.0486. The Morgan fingerprint density at radius 1 is 1.32 bits per heavy atom. The van der Waals surface area contributed by atoms with Gasteiger partial charge in [-0.3, -0.25) is 4.79 Å². The van der Waals surface area contributed by atoms with Gasteiger partial charge in [0.1, 0.15) is 4.88 Å². The van der Waals surface area contributed by atoms with E-state index in [9.17, 15) is 18.0 Å². The van der Waals surface area contributed by atoms with Crippen LogP contribution < -0.4 is 4.80 Å². The molecular weight excluding hydrogens is 364 g/mol. The number of sulfone groups is 1. The van der Waals surface area contributed by atoms with Gasteiger partial charge in [-0.15, -0.1) is 0 Å². The molecule has 1 aromatic heterocycles. The molecule has 0 atom stereocenters. The predicted octanol–water partition coefficient (Wildman–Crippen LogP) is 1.72. The second-order valence-electron chi connectivity index (χ2n) is 5.30. The Kier molecular flexibility index (Phi) is 5.58. The molecule has 0 aliphatic rings. The normalized spacial score (nSPS) is 12.2. The summed E-state index contributed by atoms with van der Waals surface area (Å²) in [6, 6.07) is 5.68. The Hall–Kier alpha value is -2.26. The van der Waals surface area contributed by atoms with Crippen molar-refractivity contribution in [3.8, 4) is 0 Å². The molecule has 0 N–H and O–H groups in total. The first-order chi connectivity index (χ1) is 11.6. The fourth-order valence-electron chi connectivity index (χ4n) is 2.02. The quantitative estimate of drug-likeness (QED) is 0.751. The lowest BCUT2D eigenvalue weighted by molar-refractivity contribution is 0.0530. The van der Waals surface area contributed by atoms with Crippen LogP contribution in [0.2, 0.25) is 0 Å². The van der Waals surface area contributed by atoms with Gasteiger partial charge in [-0.05, 0) is 32.0 Å². The Morgan fingerprint density at radius 2 is 2.00 bits per heavy atom. The second-order valence-corrected chi connectivity index (χ2v) is 8.29. The Labute approximate surface area is 149 Å². The number of hydrogen-bond donors (Lipinski definition) is 0. The molecule has 9 heteroatoms. The largest absolute Gasteiger partial charge is 0.462 e. The second kappa shape index (κ2) is 7.32. The van der Waals surface area contributed by atoms with E-state index in [4.69, 9.17) is 4.74 Å². The zero-order chi connectivity index (χ0) is 18.8. The molecule has 134 valence electrons. The minimum atomic E-state index is -3.42. The molecule has 2 rings (SSSR count). The third-order valence-corrected chi connectivity index (χ3v) is 5.80. The van der Waals surface area contributed by atoms with Gasteiger partial charge in [0.25, 0.3) is 5.91 Å². The van der Waals surface area contributed by atoms with Crippen LogP contribution in [0.15, 0.2) is 34.2 Å². The molecule has 0 bridgehead atoms. The number of amides is 1. The molecule has 1 heterocycles. The van der Waals surface area contributed by atoms with E-state index < -0.39 is 21.7 Å². The predicted molar refractivity (Wildman–Crippen MR) is 93.4 cm³/mol. The van der Waals surface area contributed by atoms with Crippen molar-refractivity contribution in [2.75, 3.05) is 12.9 Å². The molecule has 0 spiro atoms. The number of hydrogen-bond acceptors (Lipinski definition) is 6. The molecule has 0 aliphatic carbocycles. The van der Waals surface area contributed by atoms with Crippen LogP contribution in [-0.2, 0) is 21.6 Å². The van der Waals surface area contributed by atoms with Gasteiger partial charge in [0.15, 0.2) is 14.6 Å². The van der Waals surface area contributed by atoms with Crippen LogP contribution in [0.3, 0.4) is 0 Å². The van der Waals surface area contributed by atoms with E-state index >= 15 is 0 Å². The Bertz CT molecular complexity index is 1000. The zero-order valence-electron chi connectivity index (χ0n) is 14.3. The van der Waals surface area contributed by atoms with Gasteiger partial charge in [-0.1, -0.05) is 17.4 Å². The van der Waals surface area contributed by atoms with E-state index in [1.54, 1.807) is 25.5 Å². The minimum Gasteiger partial charge on any atom is -0.462 e. The first-order valence-electron chi connectivity index (χ1n) is 7.38. The maximum absolute atomic E-state index is 12.4. The Morgan fingerprint density at radius 3 is 2.60 bits per heavy atom. The number of esters is 1. The molecule has 0 radical (unpaired) electrons. The molecule has 7 nitrogen and oxygen atoms in total. The third-order valence-electron chi connectivity index (χ3n) is 3.48. The number of rotatable bonds is 4. The van der Waals surface area contributed by atoms with Crippen molar-refractivity contribution in [3.63, 3.8) is 0 Å². The topological polar surface area (TPSA) is 94.8 Å². The number of nitrogens with zero attached hydrogens (tertiary/aromatic N) is 2. The summed E-state index contributed by atoms with van der Waals surface area (Å²) in [6.45, 7) is 3.70. The van der Waals surface area contributed by atoms with Gasteiger partial charge < -0.3 is 9.30 Å². The summed E-state index contributed by atoms with van der Waals surface area (Å²) < 4.78 is 29.8. The molecule has 0 saturated carbocycles. The monoisotopic (exact) mass is 382 g/mol. The van der Waals surface area contributed by atoms with Crippen LogP contribution in [0.25, 0.3) is 0 Å². The number of benzene rings is 1. The van der Waals surface area contributed by atoms with Crippen LogP contribution in [0, 0.1) is 6.92 Å². The fraction of sp³-hybridized carbons (Fsp3) is 0.312. The number of thiazole rings is 1. The summed E-state index contributed by atoms with van der Waals surface area (Å²) in [5.74, 6) is -1.05. The lowest BCUT2D eigenvalue weighted by Crippen LogP contribution is -2.14. The van der Waals surface area contributed by atoms with Gasteiger partial charge in [0, 0.05) is 24.6 Å². The molecular formula is C16H18N2O5S2. The lowest BCUT2D eigenvalue weighted by Gasteiger charge is -2.01. The zero-order valence-corrected chi connectivity index (χ0v) is 15.9. The summed E-state index contributed by atoms with van der Waals surface area (Å²) >= 11 is 1.05. The molecule has 1 aromatic carbocycles. The first-order valence-corrected chi connectivity index (χ1v) is 10.1. The molecule has 25 heavy (non-hydrogen) atoms. The van der Waals surface area contributed by atoms with Crippen LogP contribution >= 0.6 is 11.3 Å². The average molecular weight is 382 g/mol. The number of carbonyl (C=O) groups is 2. The highest BCUT2D eigenvalue weighted by molar-refractivity contribution is 7.90. The first kappa shape index (κ1) is 19.1. The Balaban J connectivity index is 2.46. The van der Waals surface area contributed by atoms with Crippen molar-refractivity contribution in [2.45, 2.75) is 18.7 Å². The standard InChI is InChI=1S/C16H18N2O5S2/c1-5-23-15(20)13-10(2)18(3)16(24-13)17-14(19)11-7-6-8-12(9-11)25(4,21)22/h6-9H,5H2,1-4H3. The van der Waals surface area contributed by atoms with Crippen LogP contribution in [-0.4, -0.2) is 37.7 Å². The van der Waals surface area contributed by atoms with Crippen molar-refractivity contribution < 1.29 is 22.7 Å². The van der Waals surface area contributed by atoms with E-state index in [0.717, 1.165) is 17.6 Å². The maximum atomic E-state index is 12.4. The highest BCUT2D eigenvalue weighted by Crippen LogP contribution is 2.14. The van der Waals surface area contributed by atoms with Crippen LogP contribution in [0.1, 0.15) is 32.6 Å². The summed E-state index contributed by atoms with van der Waals surface area (Å²) in [5.41, 5.74) is 0.798. The summed E-state index contributed by atoms with van der Waals surface area (Å²) in [6.07, 6.45) is 1.07. The van der Waals surface area contributed by atoms with Crippen molar-refractivity contribution in [1.29, 1.82) is 0 Å². The average Bonchev–Trinajstić information content (AvgIpc) is 2.83. The molecule has 0 unspecified atom stereocenters. The van der Waals surface area contributed by atoms with Gasteiger partial charge >= 0.3 is 5.97 Å². The highest BCUT2D eigenvalue weighted by Gasteiger charge is 2.17. The highest BCUT2D eigenvalue weighted by atomic mass is 32.2. The van der Waals surface area contributed by atoms with E-state index in [-0.39, 0.29) is 17.1 Å². The van der Waals surface area contributed by atoms with Crippen molar-refractivity contribution in [3.05, 3.63) is 45.2 Å². The van der Waals surface area contributed by atoms with E-state index in [1.807, 2.05) is 0 Å². The van der Waals surface area contributed by atoms with Crippen molar-refractivity contribution in [1.82, 2.24) is 4.57 Å². The van der Waals surface area contributed by atoms with Crippen molar-refractivity contribution in [2.24, 2.45) is 12.0 Å². The maximum Gasteiger partial charge on any atom is 0.350 e. The van der Waals surface area contributed by atoms with E-state index in [0.29, 0.717) is 15.4 Å². The number of ether oxygens (including phenoxy) is 1. The SMILES string of the molecule is CCOC(=O)c1sc(=NC(=O)c2cccc(S(C)(=O)=O)c2)n(C)c1C. The van der Waals surface area contributed by atoms with Crippen LogP contribution in [0.4, 0.5) is 0 Å². The summed E-state index contributed by atoms with van der Waals surface area (Å²) in [7, 11) is -1.73. The molecule has 1 amide bonds. The van der Waals surface area contributed by atoms with E-state index in [1.165, 1.54) is 24.3 Å². The van der Waals surface area contributed by atoms with E-state index in [2.05, 4.69) is 4.99 Å². The number of aromatic nitrogens is 1.